The molecule has 1 aliphatic carbocycles. The molecule has 8 heteroatoms. The summed E-state index contributed by atoms with van der Waals surface area (Å²) in [6.45, 7) is 2.00. The van der Waals surface area contributed by atoms with Crippen molar-refractivity contribution in [2.24, 2.45) is 5.92 Å². The second kappa shape index (κ2) is 9.98. The molecule has 2 aromatic carbocycles. The molecule has 4 nitrogen and oxygen atoms in total. The Morgan fingerprint density at radius 1 is 0.935 bits per heavy atom. The average Bonchev–Trinajstić information content (AvgIpc) is 3.19. The maximum atomic E-state index is 13.0. The van der Waals surface area contributed by atoms with Crippen LogP contribution < -0.4 is 4.72 Å². The summed E-state index contributed by atoms with van der Waals surface area (Å²) in [6, 6.07) is 13.0. The van der Waals surface area contributed by atoms with E-state index in [4.69, 9.17) is 34.8 Å². The Morgan fingerprint density at radius 3 is 2.35 bits per heavy atom. The van der Waals surface area contributed by atoms with Crippen LogP contribution in [0.3, 0.4) is 0 Å². The maximum absolute atomic E-state index is 13.0. The summed E-state index contributed by atoms with van der Waals surface area (Å²) in [6.07, 6.45) is 6.19. The summed E-state index contributed by atoms with van der Waals surface area (Å²) in [5, 5.41) is 1.09. The van der Waals surface area contributed by atoms with Gasteiger partial charge in [0.1, 0.15) is 4.90 Å². The third-order valence-corrected chi connectivity index (χ3v) is 9.26. The minimum atomic E-state index is -3.73. The molecule has 2 fully saturated rings. The second-order valence-corrected chi connectivity index (χ2v) is 11.5. The standard InChI is InChI=1S/C23H27Cl3N2O2S/c24-18-9-7-16(8-10-18)15-17-11-13-28(14-12-17)21-5-2-4-20(21)27-31(29,30)22-6-1-3-19(25)23(22)26/h1,3,6-10,17,20-21,27H,2,4-5,11-15H2/t20-,21-/m1/s1. The molecule has 168 valence electrons. The van der Waals surface area contributed by atoms with Crippen molar-refractivity contribution in [2.75, 3.05) is 13.1 Å². The van der Waals surface area contributed by atoms with Crippen LogP contribution in [0.15, 0.2) is 47.4 Å². The van der Waals surface area contributed by atoms with Crippen LogP contribution in [0.25, 0.3) is 0 Å². The van der Waals surface area contributed by atoms with Gasteiger partial charge in [-0.2, -0.15) is 0 Å². The Labute approximate surface area is 199 Å². The van der Waals surface area contributed by atoms with Crippen LogP contribution in [0, 0.1) is 5.92 Å². The lowest BCUT2D eigenvalue weighted by Gasteiger charge is -2.38. The summed E-state index contributed by atoms with van der Waals surface area (Å²) in [5.41, 5.74) is 1.33. The first-order chi connectivity index (χ1) is 14.8. The van der Waals surface area contributed by atoms with Crippen molar-refractivity contribution in [3.05, 3.63) is 63.1 Å². The van der Waals surface area contributed by atoms with Crippen molar-refractivity contribution in [2.45, 2.75) is 55.5 Å². The highest BCUT2D eigenvalue weighted by Gasteiger charge is 2.37. The number of likely N-dealkylation sites (tertiary alicyclic amines) is 1. The van der Waals surface area contributed by atoms with E-state index in [9.17, 15) is 8.42 Å². The first kappa shape index (κ1) is 23.3. The van der Waals surface area contributed by atoms with E-state index in [1.165, 1.54) is 11.6 Å². The van der Waals surface area contributed by atoms with Gasteiger partial charge in [-0.05, 0) is 80.9 Å². The van der Waals surface area contributed by atoms with E-state index < -0.39 is 10.0 Å². The smallest absolute Gasteiger partial charge is 0.242 e. The van der Waals surface area contributed by atoms with Crippen LogP contribution >= 0.6 is 34.8 Å². The number of hydrogen-bond donors (Lipinski definition) is 1. The Balaban J connectivity index is 1.37. The molecule has 2 atom stereocenters. The number of nitrogens with one attached hydrogen (secondary N) is 1. The van der Waals surface area contributed by atoms with Crippen molar-refractivity contribution >= 4 is 44.8 Å². The van der Waals surface area contributed by atoms with Crippen LogP contribution in [0.5, 0.6) is 0 Å². The highest BCUT2D eigenvalue weighted by molar-refractivity contribution is 7.89. The van der Waals surface area contributed by atoms with E-state index in [1.807, 2.05) is 12.1 Å². The van der Waals surface area contributed by atoms with Gasteiger partial charge in [0.15, 0.2) is 0 Å². The van der Waals surface area contributed by atoms with Gasteiger partial charge in [0, 0.05) is 17.1 Å². The molecule has 2 aromatic rings. The summed E-state index contributed by atoms with van der Waals surface area (Å²) in [7, 11) is -3.73. The molecule has 0 spiro atoms. The van der Waals surface area contributed by atoms with Gasteiger partial charge in [0.05, 0.1) is 10.0 Å². The van der Waals surface area contributed by atoms with Crippen molar-refractivity contribution in [1.82, 2.24) is 9.62 Å². The van der Waals surface area contributed by atoms with Crippen LogP contribution in [-0.4, -0.2) is 38.5 Å². The topological polar surface area (TPSA) is 49.4 Å². The minimum Gasteiger partial charge on any atom is -0.299 e. The molecule has 1 heterocycles. The molecule has 0 unspecified atom stereocenters. The van der Waals surface area contributed by atoms with Gasteiger partial charge < -0.3 is 0 Å². The van der Waals surface area contributed by atoms with E-state index >= 15 is 0 Å². The fourth-order valence-corrected chi connectivity index (χ4v) is 7.10. The van der Waals surface area contributed by atoms with Gasteiger partial charge in [-0.25, -0.2) is 13.1 Å². The number of sulfonamides is 1. The van der Waals surface area contributed by atoms with E-state index in [-0.39, 0.29) is 27.0 Å². The molecule has 0 amide bonds. The zero-order chi connectivity index (χ0) is 22.0. The lowest BCUT2D eigenvalue weighted by molar-refractivity contribution is 0.122. The van der Waals surface area contributed by atoms with Gasteiger partial charge >= 0.3 is 0 Å². The molecule has 1 N–H and O–H groups in total. The molecule has 0 aromatic heterocycles. The number of nitrogens with zero attached hydrogens (tertiary/aromatic N) is 1. The largest absolute Gasteiger partial charge is 0.299 e. The number of hydrogen-bond acceptors (Lipinski definition) is 3. The lowest BCUT2D eigenvalue weighted by atomic mass is 9.89. The molecule has 1 saturated carbocycles. The quantitative estimate of drug-likeness (QED) is 0.544. The Kier molecular flexibility index (Phi) is 7.52. The van der Waals surface area contributed by atoms with E-state index in [1.54, 1.807) is 12.1 Å². The van der Waals surface area contributed by atoms with Crippen molar-refractivity contribution in [3.63, 3.8) is 0 Å². The van der Waals surface area contributed by atoms with Gasteiger partial charge in [0.25, 0.3) is 0 Å². The maximum Gasteiger partial charge on any atom is 0.242 e. The van der Waals surface area contributed by atoms with Crippen LogP contribution in [-0.2, 0) is 16.4 Å². The molecule has 4 rings (SSSR count). The van der Waals surface area contributed by atoms with Gasteiger partial charge in [0.2, 0.25) is 10.0 Å². The van der Waals surface area contributed by atoms with E-state index in [2.05, 4.69) is 21.8 Å². The van der Waals surface area contributed by atoms with Gasteiger partial charge in [-0.1, -0.05) is 59.4 Å². The molecular formula is C23H27Cl3N2O2S. The third kappa shape index (κ3) is 5.58. The highest BCUT2D eigenvalue weighted by Crippen LogP contribution is 2.33. The summed E-state index contributed by atoms with van der Waals surface area (Å²) in [5.74, 6) is 0.652. The Hall–Kier alpha value is -0.820. The minimum absolute atomic E-state index is 0.0500. The molecule has 2 aliphatic rings. The number of halogens is 3. The predicted octanol–water partition coefficient (Wildman–Crippen LogP) is 5.80. The molecular weight excluding hydrogens is 475 g/mol. The molecule has 1 saturated heterocycles. The average molecular weight is 502 g/mol. The van der Waals surface area contributed by atoms with E-state index in [0.29, 0.717) is 5.92 Å². The summed E-state index contributed by atoms with van der Waals surface area (Å²) in [4.78, 5) is 2.52. The van der Waals surface area contributed by atoms with Crippen LogP contribution in [0.1, 0.15) is 37.7 Å². The Morgan fingerprint density at radius 2 is 1.65 bits per heavy atom. The van der Waals surface area contributed by atoms with E-state index in [0.717, 1.165) is 56.6 Å². The normalized spacial score (nSPS) is 23.3. The number of rotatable bonds is 6. The van der Waals surface area contributed by atoms with Crippen molar-refractivity contribution < 1.29 is 8.42 Å². The predicted molar refractivity (Wildman–Crippen MR) is 128 cm³/mol. The molecule has 31 heavy (non-hydrogen) atoms. The zero-order valence-electron chi connectivity index (χ0n) is 17.2. The van der Waals surface area contributed by atoms with Gasteiger partial charge in [-0.15, -0.1) is 0 Å². The second-order valence-electron chi connectivity index (χ2n) is 8.59. The highest BCUT2D eigenvalue weighted by atomic mass is 35.5. The fourth-order valence-electron chi connectivity index (χ4n) is 4.91. The van der Waals surface area contributed by atoms with Crippen LogP contribution in [0.2, 0.25) is 15.1 Å². The SMILES string of the molecule is O=S(=O)(N[C@@H]1CCC[C@H]1N1CCC(Cc2ccc(Cl)cc2)CC1)c1cccc(Cl)c1Cl. The van der Waals surface area contributed by atoms with Crippen LogP contribution in [0.4, 0.5) is 0 Å². The number of benzene rings is 2. The molecule has 0 radical (unpaired) electrons. The fraction of sp³-hybridized carbons (Fsp3) is 0.478. The first-order valence-corrected chi connectivity index (χ1v) is 13.4. The van der Waals surface area contributed by atoms with Gasteiger partial charge in [-0.3, -0.25) is 4.90 Å². The first-order valence-electron chi connectivity index (χ1n) is 10.8. The molecule has 1 aliphatic heterocycles. The zero-order valence-corrected chi connectivity index (χ0v) is 20.3. The van der Waals surface area contributed by atoms with Crippen molar-refractivity contribution in [3.8, 4) is 0 Å². The Bertz CT molecular complexity index is 1010. The summed E-state index contributed by atoms with van der Waals surface area (Å²) < 4.78 is 28.9. The lowest BCUT2D eigenvalue weighted by Crippen LogP contribution is -2.51. The summed E-state index contributed by atoms with van der Waals surface area (Å²) >= 11 is 18.2. The number of piperidine rings is 1. The molecule has 0 bridgehead atoms. The monoisotopic (exact) mass is 500 g/mol. The third-order valence-electron chi connectivity index (χ3n) is 6.55. The van der Waals surface area contributed by atoms with Crippen molar-refractivity contribution in [1.29, 1.82) is 0 Å².